The van der Waals surface area contributed by atoms with Gasteiger partial charge in [-0.1, -0.05) is 0 Å². The van der Waals surface area contributed by atoms with Crippen LogP contribution in [0.15, 0.2) is 58.2 Å². The van der Waals surface area contributed by atoms with Crippen molar-refractivity contribution in [2.24, 2.45) is 10.9 Å². The van der Waals surface area contributed by atoms with E-state index >= 15 is 0 Å². The molecular weight excluding hydrogens is 426 g/mol. The number of amidine groups is 1. The smallest absolute Gasteiger partial charge is 0.341 e. The quantitative estimate of drug-likeness (QED) is 0.609. The maximum atomic E-state index is 12.3. The summed E-state index contributed by atoms with van der Waals surface area (Å²) in [5, 5.41) is 12.9. The molecule has 1 aromatic carbocycles. The van der Waals surface area contributed by atoms with E-state index in [4.69, 9.17) is 19.2 Å². The van der Waals surface area contributed by atoms with Crippen molar-refractivity contribution in [2.45, 2.75) is 25.3 Å². The molecule has 1 unspecified atom stereocenters. The Morgan fingerprint density at radius 3 is 2.82 bits per heavy atom. The van der Waals surface area contributed by atoms with Crippen molar-refractivity contribution in [3.63, 3.8) is 0 Å². The van der Waals surface area contributed by atoms with Crippen LogP contribution in [-0.2, 0) is 14.3 Å². The number of carboxylic acid groups (broad SMARTS) is 1. The van der Waals surface area contributed by atoms with Gasteiger partial charge in [-0.25, -0.2) is 14.6 Å². The number of hydrogen-bond donors (Lipinski definition) is 2. The summed E-state index contributed by atoms with van der Waals surface area (Å²) < 4.78 is 16.0. The first-order chi connectivity index (χ1) is 16.0. The number of hydrogen-bond acceptors (Lipinski definition) is 8. The largest absolute Gasteiger partial charge is 0.496 e. The Morgan fingerprint density at radius 1 is 1.30 bits per heavy atom. The third kappa shape index (κ3) is 3.73. The number of carbonyl (C=O) groups is 2. The van der Waals surface area contributed by atoms with Gasteiger partial charge in [-0.15, -0.1) is 0 Å². The lowest BCUT2D eigenvalue weighted by Gasteiger charge is -2.30. The molecule has 0 saturated heterocycles. The molecule has 2 N–H and O–H groups in total. The van der Waals surface area contributed by atoms with Gasteiger partial charge in [0.2, 0.25) is 0 Å². The van der Waals surface area contributed by atoms with Gasteiger partial charge in [0.1, 0.15) is 36.1 Å². The number of rotatable bonds is 7. The molecule has 1 atom stereocenters. The Bertz CT molecular complexity index is 1140. The SMILES string of the molecule is COC(=O)c1cc(C2=NC=C3C(NC(C(=O)O)C4CC4)=COCC4=C3N2CC4)ccc1OC. The summed E-state index contributed by atoms with van der Waals surface area (Å²) in [6.07, 6.45) is 5.95. The molecular formula is C24H25N3O6. The van der Waals surface area contributed by atoms with Crippen LogP contribution in [0.4, 0.5) is 0 Å². The van der Waals surface area contributed by atoms with Crippen molar-refractivity contribution >= 4 is 17.8 Å². The van der Waals surface area contributed by atoms with Gasteiger partial charge < -0.3 is 29.5 Å². The van der Waals surface area contributed by atoms with Gasteiger partial charge in [0.15, 0.2) is 0 Å². The van der Waals surface area contributed by atoms with Crippen molar-refractivity contribution < 1.29 is 28.9 Å². The van der Waals surface area contributed by atoms with Crippen LogP contribution < -0.4 is 10.1 Å². The van der Waals surface area contributed by atoms with Gasteiger partial charge in [-0.2, -0.15) is 0 Å². The van der Waals surface area contributed by atoms with Crippen LogP contribution in [0.5, 0.6) is 5.75 Å². The lowest BCUT2D eigenvalue weighted by atomic mass is 10.0. The summed E-state index contributed by atoms with van der Waals surface area (Å²) in [4.78, 5) is 30.9. The van der Waals surface area contributed by atoms with Gasteiger partial charge >= 0.3 is 11.9 Å². The minimum Gasteiger partial charge on any atom is -0.496 e. The number of ether oxygens (including phenoxy) is 3. The molecule has 0 bridgehead atoms. The molecule has 9 heteroatoms. The fourth-order valence-corrected chi connectivity index (χ4v) is 4.54. The number of benzene rings is 1. The first-order valence-electron chi connectivity index (χ1n) is 10.9. The van der Waals surface area contributed by atoms with E-state index in [0.717, 1.165) is 41.7 Å². The fraction of sp³-hybridized carbons (Fsp3) is 0.375. The van der Waals surface area contributed by atoms with E-state index in [9.17, 15) is 14.7 Å². The number of esters is 1. The monoisotopic (exact) mass is 451 g/mol. The normalized spacial score (nSPS) is 19.9. The van der Waals surface area contributed by atoms with E-state index < -0.39 is 18.0 Å². The fourth-order valence-electron chi connectivity index (χ4n) is 4.54. The lowest BCUT2D eigenvalue weighted by Crippen LogP contribution is -2.40. The summed E-state index contributed by atoms with van der Waals surface area (Å²) in [6, 6.07) is 4.64. The maximum absolute atomic E-state index is 12.3. The van der Waals surface area contributed by atoms with Gasteiger partial charge in [0.05, 0.1) is 25.6 Å². The predicted molar refractivity (Wildman–Crippen MR) is 119 cm³/mol. The molecule has 5 rings (SSSR count). The van der Waals surface area contributed by atoms with E-state index in [-0.39, 0.29) is 5.92 Å². The van der Waals surface area contributed by atoms with Crippen LogP contribution in [0.1, 0.15) is 35.2 Å². The molecule has 0 spiro atoms. The number of aliphatic imine (C=N–C) groups is 1. The Kier molecular flexibility index (Phi) is 5.32. The number of methoxy groups -OCH3 is 2. The van der Waals surface area contributed by atoms with Crippen LogP contribution in [0.2, 0.25) is 0 Å². The molecule has 1 aliphatic carbocycles. The van der Waals surface area contributed by atoms with Crippen molar-refractivity contribution in [1.82, 2.24) is 10.2 Å². The zero-order valence-corrected chi connectivity index (χ0v) is 18.5. The van der Waals surface area contributed by atoms with Crippen LogP contribution in [0.3, 0.4) is 0 Å². The highest BCUT2D eigenvalue weighted by Gasteiger charge is 2.40. The van der Waals surface area contributed by atoms with Crippen molar-refractivity contribution in [3.05, 3.63) is 64.3 Å². The summed E-state index contributed by atoms with van der Waals surface area (Å²) in [5.41, 5.74) is 4.62. The average molecular weight is 451 g/mol. The van der Waals surface area contributed by atoms with Crippen LogP contribution in [0, 0.1) is 5.92 Å². The van der Waals surface area contributed by atoms with E-state index in [1.165, 1.54) is 14.2 Å². The van der Waals surface area contributed by atoms with Gasteiger partial charge in [-0.05, 0) is 49.0 Å². The third-order valence-electron chi connectivity index (χ3n) is 6.35. The molecule has 172 valence electrons. The standard InChI is InChI=1S/C24H25N3O6/c1-31-19-6-5-14(9-16(19)24(30)32-2)22-25-10-17-18(26-20(23(28)29)13-3-4-13)12-33-11-15-7-8-27(22)21(15)17/h5-6,9-10,12-13,20,26H,3-4,7-8,11H2,1-2H3,(H,28,29). The molecule has 0 radical (unpaired) electrons. The lowest BCUT2D eigenvalue weighted by molar-refractivity contribution is -0.139. The van der Waals surface area contributed by atoms with Crippen LogP contribution in [-0.4, -0.2) is 61.2 Å². The topological polar surface area (TPSA) is 110 Å². The first-order valence-corrected chi connectivity index (χ1v) is 10.9. The van der Waals surface area contributed by atoms with Gasteiger partial charge in [-0.3, -0.25) is 0 Å². The minimum absolute atomic E-state index is 0.124. The Balaban J connectivity index is 1.53. The molecule has 3 heterocycles. The van der Waals surface area contributed by atoms with Gasteiger partial charge in [0.25, 0.3) is 0 Å². The highest BCUT2D eigenvalue weighted by atomic mass is 16.5. The number of carbonyl (C=O) groups excluding carboxylic acids is 1. The number of aliphatic carboxylic acids is 1. The second-order valence-electron chi connectivity index (χ2n) is 8.40. The number of nitrogens with one attached hydrogen (secondary N) is 1. The zero-order valence-electron chi connectivity index (χ0n) is 18.5. The summed E-state index contributed by atoms with van der Waals surface area (Å²) in [7, 11) is 2.84. The van der Waals surface area contributed by atoms with E-state index in [2.05, 4.69) is 10.2 Å². The number of carboxylic acids is 1. The van der Waals surface area contributed by atoms with Crippen molar-refractivity contribution in [3.8, 4) is 5.75 Å². The highest BCUT2D eigenvalue weighted by Crippen LogP contribution is 2.40. The first kappa shape index (κ1) is 21.1. The van der Waals surface area contributed by atoms with Crippen molar-refractivity contribution in [2.75, 3.05) is 27.4 Å². The predicted octanol–water partition coefficient (Wildman–Crippen LogP) is 2.41. The Hall–Kier alpha value is -3.75. The Morgan fingerprint density at radius 2 is 2.12 bits per heavy atom. The molecule has 9 nitrogen and oxygen atoms in total. The van der Waals surface area contributed by atoms with E-state index in [1.54, 1.807) is 24.6 Å². The van der Waals surface area contributed by atoms with Crippen LogP contribution >= 0.6 is 0 Å². The third-order valence-corrected chi connectivity index (χ3v) is 6.35. The molecule has 33 heavy (non-hydrogen) atoms. The second kappa shape index (κ2) is 8.31. The summed E-state index contributed by atoms with van der Waals surface area (Å²) in [6.45, 7) is 1.14. The summed E-state index contributed by atoms with van der Waals surface area (Å²) in [5.74, 6) is -0.0976. The van der Waals surface area contributed by atoms with Gasteiger partial charge in [0, 0.05) is 23.9 Å². The molecule has 3 aliphatic heterocycles. The maximum Gasteiger partial charge on any atom is 0.341 e. The molecule has 4 aliphatic rings. The van der Waals surface area contributed by atoms with E-state index in [0.29, 0.717) is 36.0 Å². The highest BCUT2D eigenvalue weighted by molar-refractivity contribution is 6.04. The van der Waals surface area contributed by atoms with Crippen LogP contribution in [0.25, 0.3) is 0 Å². The average Bonchev–Trinajstić information content (AvgIpc) is 3.60. The molecule has 0 amide bonds. The molecule has 0 aromatic heterocycles. The second-order valence-corrected chi connectivity index (χ2v) is 8.40. The molecule has 1 fully saturated rings. The summed E-state index contributed by atoms with van der Waals surface area (Å²) >= 11 is 0. The molecule has 1 saturated carbocycles. The minimum atomic E-state index is -0.866. The Labute approximate surface area is 191 Å². The van der Waals surface area contributed by atoms with E-state index in [1.807, 2.05) is 6.07 Å². The molecule has 1 aromatic rings. The zero-order chi connectivity index (χ0) is 23.1. The van der Waals surface area contributed by atoms with Crippen molar-refractivity contribution in [1.29, 1.82) is 0 Å². The number of nitrogens with zero attached hydrogens (tertiary/aromatic N) is 2.